The Hall–Kier alpha value is -2.24. The Labute approximate surface area is 129 Å². The molecule has 1 aliphatic rings. The molecule has 2 rings (SSSR count). The maximum absolute atomic E-state index is 12.1. The molecule has 0 radical (unpaired) electrons. The second-order valence-electron chi connectivity index (χ2n) is 5.58. The molecule has 0 spiro atoms. The number of benzene rings is 1. The summed E-state index contributed by atoms with van der Waals surface area (Å²) in [5.41, 5.74) is 0. The first-order valence-electron chi connectivity index (χ1n) is 7.34. The van der Waals surface area contributed by atoms with Crippen molar-refractivity contribution in [1.29, 1.82) is 0 Å². The van der Waals surface area contributed by atoms with E-state index in [1.165, 1.54) is 6.92 Å². The minimum Gasteiger partial charge on any atom is -0.485 e. The Bertz CT molecular complexity index is 543. The Balaban J connectivity index is 1.86. The van der Waals surface area contributed by atoms with E-state index in [2.05, 4.69) is 5.32 Å². The van der Waals surface area contributed by atoms with E-state index >= 15 is 0 Å². The van der Waals surface area contributed by atoms with E-state index in [1.54, 1.807) is 18.2 Å². The van der Waals surface area contributed by atoms with Crippen molar-refractivity contribution in [3.63, 3.8) is 0 Å². The molecule has 0 aromatic heterocycles. The minimum atomic E-state index is -0.868. The second kappa shape index (κ2) is 7.15. The van der Waals surface area contributed by atoms with Gasteiger partial charge in [-0.2, -0.15) is 0 Å². The fourth-order valence-corrected chi connectivity index (χ4v) is 1.89. The summed E-state index contributed by atoms with van der Waals surface area (Å²) < 4.78 is 16.1. The van der Waals surface area contributed by atoms with Crippen LogP contribution in [-0.4, -0.2) is 37.2 Å². The maximum atomic E-state index is 12.1. The van der Waals surface area contributed by atoms with Crippen molar-refractivity contribution in [3.8, 4) is 11.5 Å². The third-order valence-corrected chi connectivity index (χ3v) is 3.12. The van der Waals surface area contributed by atoms with Gasteiger partial charge in [-0.1, -0.05) is 26.0 Å². The zero-order valence-corrected chi connectivity index (χ0v) is 13.0. The van der Waals surface area contributed by atoms with Crippen molar-refractivity contribution in [3.05, 3.63) is 24.3 Å². The fraction of sp³-hybridized carbons (Fsp3) is 0.500. The number of para-hydroxylation sites is 2. The van der Waals surface area contributed by atoms with Gasteiger partial charge in [0, 0.05) is 6.54 Å². The van der Waals surface area contributed by atoms with E-state index in [1.807, 2.05) is 19.9 Å². The summed E-state index contributed by atoms with van der Waals surface area (Å²) in [6.07, 6.45) is -1.73. The zero-order valence-electron chi connectivity index (χ0n) is 13.0. The van der Waals surface area contributed by atoms with Crippen LogP contribution in [0.3, 0.4) is 0 Å². The first kappa shape index (κ1) is 16.1. The van der Waals surface area contributed by atoms with E-state index in [9.17, 15) is 9.59 Å². The van der Waals surface area contributed by atoms with Crippen LogP contribution in [0.1, 0.15) is 20.8 Å². The molecule has 0 aliphatic carbocycles. The van der Waals surface area contributed by atoms with Crippen LogP contribution < -0.4 is 14.8 Å². The van der Waals surface area contributed by atoms with Crippen molar-refractivity contribution in [2.24, 2.45) is 5.92 Å². The topological polar surface area (TPSA) is 73.9 Å². The van der Waals surface area contributed by atoms with Crippen LogP contribution in [0, 0.1) is 5.92 Å². The van der Waals surface area contributed by atoms with Crippen LogP contribution in [-0.2, 0) is 14.3 Å². The Morgan fingerprint density at radius 2 is 1.95 bits per heavy atom. The monoisotopic (exact) mass is 307 g/mol. The lowest BCUT2D eigenvalue weighted by Gasteiger charge is -2.26. The molecule has 1 N–H and O–H groups in total. The molecule has 6 heteroatoms. The minimum absolute atomic E-state index is 0.0657. The quantitative estimate of drug-likeness (QED) is 0.835. The average Bonchev–Trinajstić information content (AvgIpc) is 2.51. The Kier molecular flexibility index (Phi) is 5.25. The number of hydrogen-bond acceptors (Lipinski definition) is 5. The largest absolute Gasteiger partial charge is 0.485 e. The van der Waals surface area contributed by atoms with Crippen LogP contribution in [0.25, 0.3) is 0 Å². The van der Waals surface area contributed by atoms with Crippen LogP contribution in [0.5, 0.6) is 11.5 Å². The molecule has 120 valence electrons. The molecule has 0 bridgehead atoms. The number of fused-ring (bicyclic) bond motifs is 1. The molecule has 1 aromatic rings. The lowest BCUT2D eigenvalue weighted by atomic mass is 10.2. The smallest absolute Gasteiger partial charge is 0.351 e. The van der Waals surface area contributed by atoms with Gasteiger partial charge < -0.3 is 19.5 Å². The summed E-state index contributed by atoms with van der Waals surface area (Å²) in [5.74, 6) is 0.487. The predicted octanol–water partition coefficient (Wildman–Crippen LogP) is 1.53. The molecule has 1 heterocycles. The van der Waals surface area contributed by atoms with Gasteiger partial charge in [0.2, 0.25) is 6.10 Å². The number of ether oxygens (including phenoxy) is 3. The standard InChI is InChI=1S/C16H21NO5/c1-10(2)8-17-15(18)11(3)21-16(19)14-9-20-12-6-4-5-7-13(12)22-14/h4-7,10-11,14H,8-9H2,1-3H3,(H,17,18)/t11-,14-/m1/s1. The number of nitrogens with one attached hydrogen (secondary N) is 1. The highest BCUT2D eigenvalue weighted by atomic mass is 16.6. The molecule has 22 heavy (non-hydrogen) atoms. The van der Waals surface area contributed by atoms with Gasteiger partial charge in [0.05, 0.1) is 0 Å². The van der Waals surface area contributed by atoms with E-state index in [4.69, 9.17) is 14.2 Å². The molecular weight excluding hydrogens is 286 g/mol. The van der Waals surface area contributed by atoms with Gasteiger partial charge in [0.1, 0.15) is 6.61 Å². The lowest BCUT2D eigenvalue weighted by Crippen LogP contribution is -2.43. The molecule has 0 saturated heterocycles. The van der Waals surface area contributed by atoms with E-state index in [0.717, 1.165) is 0 Å². The summed E-state index contributed by atoms with van der Waals surface area (Å²) in [4.78, 5) is 23.9. The molecular formula is C16H21NO5. The first-order valence-corrected chi connectivity index (χ1v) is 7.34. The number of carbonyl (C=O) groups is 2. The van der Waals surface area contributed by atoms with E-state index in [0.29, 0.717) is 24.0 Å². The number of amides is 1. The molecule has 1 amide bonds. The van der Waals surface area contributed by atoms with Gasteiger partial charge in [0.15, 0.2) is 17.6 Å². The fourth-order valence-electron chi connectivity index (χ4n) is 1.89. The normalized spacial score (nSPS) is 17.7. The number of rotatable bonds is 5. The van der Waals surface area contributed by atoms with E-state index < -0.39 is 18.2 Å². The average molecular weight is 307 g/mol. The van der Waals surface area contributed by atoms with Crippen molar-refractivity contribution in [1.82, 2.24) is 5.32 Å². The van der Waals surface area contributed by atoms with Crippen molar-refractivity contribution in [2.45, 2.75) is 33.0 Å². The summed E-state index contributed by atoms with van der Waals surface area (Å²) in [6.45, 7) is 6.11. The van der Waals surface area contributed by atoms with Gasteiger partial charge >= 0.3 is 5.97 Å². The highest BCUT2D eigenvalue weighted by molar-refractivity contribution is 5.84. The molecule has 1 aromatic carbocycles. The van der Waals surface area contributed by atoms with Gasteiger partial charge in [-0.25, -0.2) is 4.79 Å². The van der Waals surface area contributed by atoms with Gasteiger partial charge in [0.25, 0.3) is 5.91 Å². The lowest BCUT2D eigenvalue weighted by molar-refractivity contribution is -0.163. The highest BCUT2D eigenvalue weighted by Gasteiger charge is 2.31. The second-order valence-corrected chi connectivity index (χ2v) is 5.58. The van der Waals surface area contributed by atoms with Crippen LogP contribution in [0.4, 0.5) is 0 Å². The van der Waals surface area contributed by atoms with Gasteiger partial charge in [-0.05, 0) is 25.0 Å². The molecule has 0 fully saturated rings. The number of carbonyl (C=O) groups excluding carboxylic acids is 2. The molecule has 0 saturated carbocycles. The zero-order chi connectivity index (χ0) is 16.1. The van der Waals surface area contributed by atoms with Crippen LogP contribution in [0.15, 0.2) is 24.3 Å². The highest BCUT2D eigenvalue weighted by Crippen LogP contribution is 2.31. The van der Waals surface area contributed by atoms with E-state index in [-0.39, 0.29) is 12.5 Å². The first-order chi connectivity index (χ1) is 10.5. The summed E-state index contributed by atoms with van der Waals surface area (Å²) >= 11 is 0. The number of esters is 1. The molecule has 0 unspecified atom stereocenters. The summed E-state index contributed by atoms with van der Waals surface area (Å²) in [7, 11) is 0. The van der Waals surface area contributed by atoms with Crippen LogP contribution in [0.2, 0.25) is 0 Å². The Morgan fingerprint density at radius 1 is 1.27 bits per heavy atom. The molecule has 1 aliphatic heterocycles. The van der Waals surface area contributed by atoms with Gasteiger partial charge in [-0.3, -0.25) is 4.79 Å². The molecule has 2 atom stereocenters. The predicted molar refractivity (Wildman–Crippen MR) is 79.8 cm³/mol. The third kappa shape index (κ3) is 4.13. The maximum Gasteiger partial charge on any atom is 0.351 e. The summed E-state index contributed by atoms with van der Waals surface area (Å²) in [5, 5.41) is 2.72. The van der Waals surface area contributed by atoms with Gasteiger partial charge in [-0.15, -0.1) is 0 Å². The van der Waals surface area contributed by atoms with Crippen molar-refractivity contribution in [2.75, 3.05) is 13.2 Å². The summed E-state index contributed by atoms with van der Waals surface area (Å²) in [6, 6.07) is 7.09. The third-order valence-electron chi connectivity index (χ3n) is 3.12. The van der Waals surface area contributed by atoms with Crippen molar-refractivity contribution >= 4 is 11.9 Å². The Morgan fingerprint density at radius 3 is 2.64 bits per heavy atom. The number of hydrogen-bond donors (Lipinski definition) is 1. The SMILES string of the molecule is CC(C)CNC(=O)[C@@H](C)OC(=O)[C@H]1COc2ccccc2O1. The van der Waals surface area contributed by atoms with Crippen molar-refractivity contribution < 1.29 is 23.8 Å². The van der Waals surface area contributed by atoms with Crippen LogP contribution >= 0.6 is 0 Å². The molecule has 6 nitrogen and oxygen atoms in total.